The van der Waals surface area contributed by atoms with Gasteiger partial charge in [0, 0.05) is 10.6 Å². The van der Waals surface area contributed by atoms with E-state index < -0.39 is 11.8 Å². The number of carbonyl (C=O) groups is 1. The van der Waals surface area contributed by atoms with Gasteiger partial charge in [-0.1, -0.05) is 35.4 Å². The van der Waals surface area contributed by atoms with E-state index in [1.54, 1.807) is 6.92 Å². The summed E-state index contributed by atoms with van der Waals surface area (Å²) in [7, 11) is 0. The second-order valence-corrected chi connectivity index (χ2v) is 6.78. The van der Waals surface area contributed by atoms with Gasteiger partial charge in [-0.25, -0.2) is 14.2 Å². The molecule has 0 bridgehead atoms. The Morgan fingerprint density at radius 3 is 2.77 bits per heavy atom. The van der Waals surface area contributed by atoms with E-state index in [-0.39, 0.29) is 18.0 Å². The van der Waals surface area contributed by atoms with E-state index in [9.17, 15) is 9.18 Å². The maximum Gasteiger partial charge on any atom is 0.359 e. The average molecular weight is 438 g/mol. The van der Waals surface area contributed by atoms with Gasteiger partial charge in [-0.15, -0.1) is 0 Å². The lowest BCUT2D eigenvalue weighted by Crippen LogP contribution is -2.06. The molecule has 1 aromatic heterocycles. The Labute approximate surface area is 163 Å². The van der Waals surface area contributed by atoms with E-state index >= 15 is 0 Å². The Hall–Kier alpha value is -2.18. The highest BCUT2D eigenvalue weighted by atomic mass is 79.9. The van der Waals surface area contributed by atoms with Gasteiger partial charge in [0.25, 0.3) is 0 Å². The molecule has 0 N–H and O–H groups in total. The third-order valence-corrected chi connectivity index (χ3v) is 4.68. The summed E-state index contributed by atoms with van der Waals surface area (Å²) in [5, 5.41) is 0.370. The van der Waals surface area contributed by atoms with Gasteiger partial charge < -0.3 is 4.74 Å². The summed E-state index contributed by atoms with van der Waals surface area (Å²) in [4.78, 5) is 16.7. The summed E-state index contributed by atoms with van der Waals surface area (Å²) >= 11 is 9.43. The standard InChI is InChI=1S/C19H15BrClFN2O2/c1-3-26-19(25)16-17(20)24(15-10-13(21)7-8-14(15)22)18(23-16)12-6-4-5-11(2)9-12/h4-10H,3H2,1-2H3. The van der Waals surface area contributed by atoms with E-state index in [2.05, 4.69) is 20.9 Å². The number of carbonyl (C=O) groups excluding carboxylic acids is 1. The summed E-state index contributed by atoms with van der Waals surface area (Å²) in [5.41, 5.74) is 2.00. The number of ether oxygens (including phenoxy) is 1. The lowest BCUT2D eigenvalue weighted by molar-refractivity contribution is 0.0519. The van der Waals surface area contributed by atoms with Crippen molar-refractivity contribution in [2.24, 2.45) is 0 Å². The van der Waals surface area contributed by atoms with Gasteiger partial charge in [0.2, 0.25) is 0 Å². The van der Waals surface area contributed by atoms with E-state index in [1.807, 2.05) is 31.2 Å². The van der Waals surface area contributed by atoms with Crippen LogP contribution in [0, 0.1) is 12.7 Å². The van der Waals surface area contributed by atoms with E-state index in [4.69, 9.17) is 16.3 Å². The van der Waals surface area contributed by atoms with Crippen LogP contribution in [0.4, 0.5) is 4.39 Å². The minimum atomic E-state index is -0.588. The molecule has 134 valence electrons. The summed E-state index contributed by atoms with van der Waals surface area (Å²) in [6.07, 6.45) is 0. The molecule has 0 radical (unpaired) electrons. The lowest BCUT2D eigenvalue weighted by atomic mass is 10.1. The highest BCUT2D eigenvalue weighted by molar-refractivity contribution is 9.10. The van der Waals surface area contributed by atoms with Crippen molar-refractivity contribution in [2.75, 3.05) is 6.61 Å². The Morgan fingerprint density at radius 1 is 1.31 bits per heavy atom. The number of aromatic nitrogens is 2. The van der Waals surface area contributed by atoms with Crippen LogP contribution in [0.3, 0.4) is 0 Å². The number of benzene rings is 2. The van der Waals surface area contributed by atoms with E-state index in [1.165, 1.54) is 22.8 Å². The van der Waals surface area contributed by atoms with Crippen LogP contribution in [0.25, 0.3) is 17.1 Å². The summed E-state index contributed by atoms with van der Waals surface area (Å²) in [6.45, 7) is 3.86. The third-order valence-electron chi connectivity index (χ3n) is 3.72. The fourth-order valence-electron chi connectivity index (χ4n) is 2.59. The Kier molecular flexibility index (Phi) is 5.44. The normalized spacial score (nSPS) is 10.8. The predicted molar refractivity (Wildman–Crippen MR) is 102 cm³/mol. The zero-order chi connectivity index (χ0) is 18.8. The fourth-order valence-corrected chi connectivity index (χ4v) is 3.36. The van der Waals surface area contributed by atoms with E-state index in [0.29, 0.717) is 15.5 Å². The number of esters is 1. The molecule has 0 unspecified atom stereocenters. The maximum absolute atomic E-state index is 14.5. The van der Waals surface area contributed by atoms with Gasteiger partial charge in [0.05, 0.1) is 12.3 Å². The molecule has 0 amide bonds. The second-order valence-electron chi connectivity index (χ2n) is 5.60. The van der Waals surface area contributed by atoms with Crippen molar-refractivity contribution >= 4 is 33.5 Å². The topological polar surface area (TPSA) is 44.1 Å². The quantitative estimate of drug-likeness (QED) is 0.501. The zero-order valence-corrected chi connectivity index (χ0v) is 16.4. The Balaban J connectivity index is 2.30. The first-order valence-corrected chi connectivity index (χ1v) is 9.07. The molecule has 0 aliphatic rings. The number of rotatable bonds is 4. The number of nitrogens with zero attached hydrogens (tertiary/aromatic N) is 2. The van der Waals surface area contributed by atoms with Crippen LogP contribution in [-0.4, -0.2) is 22.1 Å². The molecule has 3 rings (SSSR count). The van der Waals surface area contributed by atoms with Crippen LogP contribution in [0.1, 0.15) is 23.0 Å². The number of hydrogen-bond donors (Lipinski definition) is 0. The Morgan fingerprint density at radius 2 is 2.08 bits per heavy atom. The second kappa shape index (κ2) is 7.60. The van der Waals surface area contributed by atoms with Crippen LogP contribution in [0.15, 0.2) is 47.1 Å². The molecular weight excluding hydrogens is 423 g/mol. The van der Waals surface area contributed by atoms with Gasteiger partial charge >= 0.3 is 5.97 Å². The molecule has 0 spiro atoms. The van der Waals surface area contributed by atoms with Crippen LogP contribution in [-0.2, 0) is 4.74 Å². The molecule has 0 atom stereocenters. The maximum atomic E-state index is 14.5. The first kappa shape index (κ1) is 18.6. The minimum Gasteiger partial charge on any atom is -0.461 e. The minimum absolute atomic E-state index is 0.0720. The Bertz CT molecular complexity index is 988. The monoisotopic (exact) mass is 436 g/mol. The van der Waals surface area contributed by atoms with Crippen molar-refractivity contribution in [1.29, 1.82) is 0 Å². The largest absolute Gasteiger partial charge is 0.461 e. The first-order chi connectivity index (χ1) is 12.4. The van der Waals surface area contributed by atoms with Crippen LogP contribution in [0.2, 0.25) is 5.02 Å². The smallest absolute Gasteiger partial charge is 0.359 e. The van der Waals surface area contributed by atoms with Crippen molar-refractivity contribution in [1.82, 2.24) is 9.55 Å². The highest BCUT2D eigenvalue weighted by Crippen LogP contribution is 2.33. The molecule has 4 nitrogen and oxygen atoms in total. The number of aryl methyl sites for hydroxylation is 1. The highest BCUT2D eigenvalue weighted by Gasteiger charge is 2.25. The summed E-state index contributed by atoms with van der Waals surface area (Å²) in [5.74, 6) is -0.670. The molecule has 0 aliphatic heterocycles. The molecule has 0 saturated carbocycles. The SMILES string of the molecule is CCOC(=O)c1nc(-c2cccc(C)c2)n(-c2cc(Cl)ccc2F)c1Br. The molecule has 3 aromatic rings. The van der Waals surface area contributed by atoms with Gasteiger partial charge in [-0.3, -0.25) is 4.57 Å². The van der Waals surface area contributed by atoms with Gasteiger partial charge in [0.1, 0.15) is 16.2 Å². The van der Waals surface area contributed by atoms with Crippen LogP contribution in [0.5, 0.6) is 0 Å². The molecule has 1 heterocycles. The fraction of sp³-hybridized carbons (Fsp3) is 0.158. The molecule has 0 aliphatic carbocycles. The van der Waals surface area contributed by atoms with Crippen molar-refractivity contribution in [2.45, 2.75) is 13.8 Å². The summed E-state index contributed by atoms with van der Waals surface area (Å²) in [6, 6.07) is 11.8. The van der Waals surface area contributed by atoms with Crippen LogP contribution < -0.4 is 0 Å². The van der Waals surface area contributed by atoms with Gasteiger partial charge in [-0.2, -0.15) is 0 Å². The molecule has 0 saturated heterocycles. The first-order valence-electron chi connectivity index (χ1n) is 7.90. The van der Waals surface area contributed by atoms with Crippen LogP contribution >= 0.6 is 27.5 Å². The number of imidazole rings is 1. The molecule has 0 fully saturated rings. The lowest BCUT2D eigenvalue weighted by Gasteiger charge is -2.11. The summed E-state index contributed by atoms with van der Waals surface area (Å²) < 4.78 is 21.4. The molecule has 7 heteroatoms. The zero-order valence-electron chi connectivity index (χ0n) is 14.1. The number of halogens is 3. The van der Waals surface area contributed by atoms with Gasteiger partial charge in [0.15, 0.2) is 5.69 Å². The predicted octanol–water partition coefficient (Wildman–Crippen LogP) is 5.58. The molecular formula is C19H15BrClFN2O2. The molecule has 26 heavy (non-hydrogen) atoms. The van der Waals surface area contributed by atoms with Crippen molar-refractivity contribution < 1.29 is 13.9 Å². The van der Waals surface area contributed by atoms with Gasteiger partial charge in [-0.05, 0) is 54.0 Å². The average Bonchev–Trinajstić information content (AvgIpc) is 2.94. The van der Waals surface area contributed by atoms with E-state index in [0.717, 1.165) is 11.1 Å². The third kappa shape index (κ3) is 3.52. The number of hydrogen-bond acceptors (Lipinski definition) is 3. The van der Waals surface area contributed by atoms with Crippen molar-refractivity contribution in [3.05, 3.63) is 69.2 Å². The molecule has 2 aromatic carbocycles. The van der Waals surface area contributed by atoms with Crippen molar-refractivity contribution in [3.63, 3.8) is 0 Å². The van der Waals surface area contributed by atoms with Crippen molar-refractivity contribution in [3.8, 4) is 17.1 Å².